The average Bonchev–Trinajstić information content (AvgIpc) is 2.43. The fraction of sp³-hybridized carbons (Fsp3) is 0.643. The van der Waals surface area contributed by atoms with E-state index in [1.165, 1.54) is 4.68 Å². The Hall–Kier alpha value is -1.37. The quantitative estimate of drug-likeness (QED) is 0.744. The Morgan fingerprint density at radius 3 is 2.76 bits per heavy atom. The van der Waals surface area contributed by atoms with Crippen LogP contribution in [0.5, 0.6) is 0 Å². The van der Waals surface area contributed by atoms with Crippen LogP contribution in [0.15, 0.2) is 15.5 Å². The van der Waals surface area contributed by atoms with Crippen LogP contribution in [-0.4, -0.2) is 28.8 Å². The van der Waals surface area contributed by atoms with Crippen molar-refractivity contribution in [3.63, 3.8) is 0 Å². The highest BCUT2D eigenvalue weighted by molar-refractivity contribution is 9.10. The van der Waals surface area contributed by atoms with Crippen LogP contribution >= 0.6 is 15.9 Å². The summed E-state index contributed by atoms with van der Waals surface area (Å²) < 4.78 is 1.89. The third-order valence-corrected chi connectivity index (χ3v) is 3.53. The molecular weight excluding hydrogens is 336 g/mol. The van der Waals surface area contributed by atoms with Crippen molar-refractivity contribution in [2.24, 2.45) is 5.92 Å². The van der Waals surface area contributed by atoms with Gasteiger partial charge in [-0.05, 0) is 28.3 Å². The predicted octanol–water partition coefficient (Wildman–Crippen LogP) is 1.99. The van der Waals surface area contributed by atoms with Crippen molar-refractivity contribution < 1.29 is 4.79 Å². The molecule has 0 radical (unpaired) electrons. The lowest BCUT2D eigenvalue weighted by Crippen LogP contribution is -2.28. The number of rotatable bonds is 8. The molecule has 1 aromatic rings. The van der Waals surface area contributed by atoms with Gasteiger partial charge in [-0.25, -0.2) is 4.68 Å². The monoisotopic (exact) mass is 358 g/mol. The molecule has 0 bridgehead atoms. The number of aromatic nitrogens is 2. The van der Waals surface area contributed by atoms with Crippen molar-refractivity contribution in [1.29, 1.82) is 0 Å². The third kappa shape index (κ3) is 5.87. The van der Waals surface area contributed by atoms with Gasteiger partial charge in [0, 0.05) is 26.1 Å². The van der Waals surface area contributed by atoms with Crippen LogP contribution in [0.4, 0.5) is 5.69 Å². The lowest BCUT2D eigenvalue weighted by atomic mass is 10.2. The van der Waals surface area contributed by atoms with Crippen molar-refractivity contribution in [3.8, 4) is 0 Å². The number of carbonyl (C=O) groups is 1. The van der Waals surface area contributed by atoms with E-state index in [9.17, 15) is 9.59 Å². The van der Waals surface area contributed by atoms with Gasteiger partial charge in [-0.15, -0.1) is 0 Å². The van der Waals surface area contributed by atoms with Crippen LogP contribution in [-0.2, 0) is 11.3 Å². The molecule has 0 aliphatic carbocycles. The van der Waals surface area contributed by atoms with Crippen LogP contribution < -0.4 is 16.2 Å². The fourth-order valence-electron chi connectivity index (χ4n) is 1.73. The second-order valence-corrected chi connectivity index (χ2v) is 6.07. The first kappa shape index (κ1) is 17.7. The highest BCUT2D eigenvalue weighted by Crippen LogP contribution is 2.16. The zero-order valence-corrected chi connectivity index (χ0v) is 14.4. The molecule has 1 amide bonds. The molecule has 0 saturated heterocycles. The van der Waals surface area contributed by atoms with E-state index in [1.54, 1.807) is 6.20 Å². The maximum absolute atomic E-state index is 12.1. The van der Waals surface area contributed by atoms with Crippen LogP contribution in [0.2, 0.25) is 0 Å². The molecule has 6 nitrogen and oxygen atoms in total. The third-order valence-electron chi connectivity index (χ3n) is 2.76. The number of nitrogens with one attached hydrogen (secondary N) is 2. The number of hydrogen-bond donors (Lipinski definition) is 2. The van der Waals surface area contributed by atoms with Crippen molar-refractivity contribution in [2.45, 2.75) is 40.2 Å². The standard InChI is InChI=1S/C14H23BrN4O2/c1-4-6-17-12(20)5-7-16-11-8-18-19(9-10(2)3)14(21)13(11)15/h8,10,16H,4-7,9H2,1-3H3,(H,17,20). The number of carbonyl (C=O) groups excluding carboxylic acids is 1. The first-order chi connectivity index (χ1) is 9.95. The van der Waals surface area contributed by atoms with Crippen molar-refractivity contribution in [3.05, 3.63) is 21.0 Å². The summed E-state index contributed by atoms with van der Waals surface area (Å²) in [6, 6.07) is 0. The molecule has 0 saturated carbocycles. The molecule has 0 fully saturated rings. The molecule has 21 heavy (non-hydrogen) atoms. The predicted molar refractivity (Wildman–Crippen MR) is 87.4 cm³/mol. The molecule has 0 aliphatic rings. The summed E-state index contributed by atoms with van der Waals surface area (Å²) in [6.07, 6.45) is 2.89. The Balaban J connectivity index is 2.59. The molecule has 0 spiro atoms. The van der Waals surface area contributed by atoms with Gasteiger partial charge in [0.25, 0.3) is 5.56 Å². The summed E-state index contributed by atoms with van der Waals surface area (Å²) in [5.74, 6) is 0.352. The molecule has 118 valence electrons. The van der Waals surface area contributed by atoms with Crippen LogP contribution in [0.25, 0.3) is 0 Å². The maximum atomic E-state index is 12.1. The van der Waals surface area contributed by atoms with Gasteiger partial charge in [0.2, 0.25) is 5.91 Å². The van der Waals surface area contributed by atoms with Crippen LogP contribution in [0, 0.1) is 5.92 Å². The molecule has 1 rings (SSSR count). The van der Waals surface area contributed by atoms with E-state index in [2.05, 4.69) is 31.7 Å². The average molecular weight is 359 g/mol. The van der Waals surface area contributed by atoms with Gasteiger partial charge in [0.1, 0.15) is 4.47 Å². The minimum absolute atomic E-state index is 0.00146. The molecule has 0 aromatic carbocycles. The van der Waals surface area contributed by atoms with Gasteiger partial charge in [-0.2, -0.15) is 5.10 Å². The van der Waals surface area contributed by atoms with Gasteiger partial charge in [0.15, 0.2) is 0 Å². The van der Waals surface area contributed by atoms with Gasteiger partial charge in [0.05, 0.1) is 11.9 Å². The van der Waals surface area contributed by atoms with E-state index in [0.717, 1.165) is 6.42 Å². The van der Waals surface area contributed by atoms with Gasteiger partial charge in [-0.1, -0.05) is 20.8 Å². The zero-order chi connectivity index (χ0) is 15.8. The lowest BCUT2D eigenvalue weighted by molar-refractivity contribution is -0.120. The number of anilines is 1. The van der Waals surface area contributed by atoms with E-state index in [1.807, 2.05) is 20.8 Å². The number of hydrogen-bond acceptors (Lipinski definition) is 4. The SMILES string of the molecule is CCCNC(=O)CCNc1cnn(CC(C)C)c(=O)c1Br. The highest BCUT2D eigenvalue weighted by atomic mass is 79.9. The molecule has 1 heterocycles. The zero-order valence-electron chi connectivity index (χ0n) is 12.8. The summed E-state index contributed by atoms with van der Waals surface area (Å²) in [4.78, 5) is 23.6. The summed E-state index contributed by atoms with van der Waals surface area (Å²) in [6.45, 7) is 7.80. The van der Waals surface area contributed by atoms with Gasteiger partial charge in [-0.3, -0.25) is 9.59 Å². The minimum Gasteiger partial charge on any atom is -0.382 e. The van der Waals surface area contributed by atoms with Gasteiger partial charge < -0.3 is 10.6 Å². The van der Waals surface area contributed by atoms with E-state index in [0.29, 0.717) is 42.1 Å². The van der Waals surface area contributed by atoms with E-state index in [-0.39, 0.29) is 11.5 Å². The minimum atomic E-state index is -0.163. The topological polar surface area (TPSA) is 76.0 Å². The first-order valence-electron chi connectivity index (χ1n) is 7.21. The Morgan fingerprint density at radius 1 is 1.43 bits per heavy atom. The molecule has 0 atom stereocenters. The molecule has 7 heteroatoms. The Kier molecular flexibility index (Phi) is 7.42. The van der Waals surface area contributed by atoms with E-state index < -0.39 is 0 Å². The van der Waals surface area contributed by atoms with Crippen molar-refractivity contribution in [2.75, 3.05) is 18.4 Å². The highest BCUT2D eigenvalue weighted by Gasteiger charge is 2.10. The Morgan fingerprint density at radius 2 is 2.14 bits per heavy atom. The molecule has 2 N–H and O–H groups in total. The second-order valence-electron chi connectivity index (χ2n) is 5.28. The van der Waals surface area contributed by atoms with E-state index >= 15 is 0 Å². The molecular formula is C14H23BrN4O2. The van der Waals surface area contributed by atoms with Crippen molar-refractivity contribution in [1.82, 2.24) is 15.1 Å². The molecule has 0 aliphatic heterocycles. The normalized spacial score (nSPS) is 10.7. The molecule has 1 aromatic heterocycles. The Labute approximate surface area is 133 Å². The summed E-state index contributed by atoms with van der Waals surface area (Å²) in [5, 5.41) is 10.00. The van der Waals surface area contributed by atoms with Crippen molar-refractivity contribution >= 4 is 27.5 Å². The first-order valence-corrected chi connectivity index (χ1v) is 8.01. The Bertz CT molecular complexity index is 528. The number of amides is 1. The molecule has 0 unspecified atom stereocenters. The number of nitrogens with zero attached hydrogens (tertiary/aromatic N) is 2. The second kappa shape index (κ2) is 8.81. The largest absolute Gasteiger partial charge is 0.382 e. The summed E-state index contributed by atoms with van der Waals surface area (Å²) in [5.41, 5.74) is 0.451. The maximum Gasteiger partial charge on any atom is 0.283 e. The summed E-state index contributed by atoms with van der Waals surface area (Å²) in [7, 11) is 0. The van der Waals surface area contributed by atoms with Crippen LogP contribution in [0.3, 0.4) is 0 Å². The van der Waals surface area contributed by atoms with Gasteiger partial charge >= 0.3 is 0 Å². The lowest BCUT2D eigenvalue weighted by Gasteiger charge is -2.11. The number of halogens is 1. The van der Waals surface area contributed by atoms with Crippen LogP contribution in [0.1, 0.15) is 33.6 Å². The fourth-order valence-corrected chi connectivity index (χ4v) is 2.17. The summed E-state index contributed by atoms with van der Waals surface area (Å²) >= 11 is 3.29. The smallest absolute Gasteiger partial charge is 0.283 e. The van der Waals surface area contributed by atoms with E-state index in [4.69, 9.17) is 0 Å².